The van der Waals surface area contributed by atoms with Gasteiger partial charge in [0, 0.05) is 45.3 Å². The zero-order valence-electron chi connectivity index (χ0n) is 14.1. The van der Waals surface area contributed by atoms with Crippen molar-refractivity contribution in [1.82, 2.24) is 19.6 Å². The summed E-state index contributed by atoms with van der Waals surface area (Å²) in [5.74, 6) is 0. The number of nitrogens with zero attached hydrogens (tertiary/aromatic N) is 5. The molecule has 1 unspecified atom stereocenters. The lowest BCUT2D eigenvalue weighted by Gasteiger charge is -2.37. The Morgan fingerprint density at radius 2 is 1.88 bits per heavy atom. The molecule has 0 N–H and O–H groups in total. The summed E-state index contributed by atoms with van der Waals surface area (Å²) < 4.78 is 1.73. The minimum absolute atomic E-state index is 0.169. The fourth-order valence-corrected chi connectivity index (χ4v) is 3.49. The van der Waals surface area contributed by atoms with E-state index in [1.807, 2.05) is 44.3 Å². The summed E-state index contributed by atoms with van der Waals surface area (Å²) in [6.45, 7) is 6.42. The predicted octanol–water partition coefficient (Wildman–Crippen LogP) is 2.76. The molecule has 1 aromatic heterocycles. The molecule has 0 bridgehead atoms. The van der Waals surface area contributed by atoms with Crippen LogP contribution >= 0.6 is 11.6 Å². The van der Waals surface area contributed by atoms with Gasteiger partial charge in [-0.1, -0.05) is 41.9 Å². The molecule has 0 spiro atoms. The third-order valence-electron chi connectivity index (χ3n) is 4.66. The summed E-state index contributed by atoms with van der Waals surface area (Å²) in [7, 11) is 1.87. The van der Waals surface area contributed by atoms with Gasteiger partial charge in [-0.25, -0.2) is 0 Å². The number of hydrogen-bond donors (Lipinski definition) is 0. The maximum atomic E-state index is 9.57. The van der Waals surface area contributed by atoms with E-state index in [1.54, 1.807) is 4.68 Å². The van der Waals surface area contributed by atoms with Crippen LogP contribution in [0.4, 0.5) is 0 Å². The van der Waals surface area contributed by atoms with Crippen LogP contribution < -0.4 is 0 Å². The van der Waals surface area contributed by atoms with Crippen molar-refractivity contribution in [2.45, 2.75) is 19.5 Å². The van der Waals surface area contributed by atoms with Crippen molar-refractivity contribution in [2.75, 3.05) is 26.2 Å². The standard InChI is InChI=1S/C18H22ClN5/c1-14-16(18(19)22(2)21-14)13-23-8-10-24(11-9-23)17(12-20)15-6-4-3-5-7-15/h3-7,17H,8-11,13H2,1-2H3. The van der Waals surface area contributed by atoms with Gasteiger partial charge in [0.05, 0.1) is 11.8 Å². The number of nitriles is 1. The summed E-state index contributed by atoms with van der Waals surface area (Å²) in [6.07, 6.45) is 0. The molecule has 126 valence electrons. The van der Waals surface area contributed by atoms with Crippen LogP contribution in [-0.4, -0.2) is 45.8 Å². The number of benzene rings is 1. The molecular formula is C18H22ClN5. The van der Waals surface area contributed by atoms with Crippen LogP contribution in [-0.2, 0) is 13.6 Å². The molecule has 6 heteroatoms. The van der Waals surface area contributed by atoms with Crippen LogP contribution in [0.1, 0.15) is 22.9 Å². The second kappa shape index (κ2) is 7.35. The Bertz CT molecular complexity index is 726. The van der Waals surface area contributed by atoms with Gasteiger partial charge in [-0.15, -0.1) is 0 Å². The predicted molar refractivity (Wildman–Crippen MR) is 94.6 cm³/mol. The van der Waals surface area contributed by atoms with Crippen molar-refractivity contribution < 1.29 is 0 Å². The molecule has 1 aliphatic rings. The first-order chi connectivity index (χ1) is 11.6. The average Bonchev–Trinajstić information content (AvgIpc) is 2.84. The van der Waals surface area contributed by atoms with Crippen LogP contribution in [0, 0.1) is 18.3 Å². The van der Waals surface area contributed by atoms with E-state index < -0.39 is 0 Å². The number of halogens is 1. The van der Waals surface area contributed by atoms with Gasteiger partial charge in [0.15, 0.2) is 0 Å². The molecule has 0 saturated carbocycles. The Kier molecular flexibility index (Phi) is 5.20. The Morgan fingerprint density at radius 1 is 1.21 bits per heavy atom. The van der Waals surface area contributed by atoms with Crippen LogP contribution in [0.3, 0.4) is 0 Å². The zero-order chi connectivity index (χ0) is 17.1. The average molecular weight is 344 g/mol. The minimum Gasteiger partial charge on any atom is -0.296 e. The Labute approximate surface area is 148 Å². The van der Waals surface area contributed by atoms with Gasteiger partial charge in [-0.3, -0.25) is 14.5 Å². The highest BCUT2D eigenvalue weighted by molar-refractivity contribution is 6.30. The highest BCUT2D eigenvalue weighted by atomic mass is 35.5. The molecular weight excluding hydrogens is 322 g/mol. The van der Waals surface area contributed by atoms with E-state index in [0.29, 0.717) is 5.15 Å². The fraction of sp³-hybridized carbons (Fsp3) is 0.444. The third kappa shape index (κ3) is 3.46. The summed E-state index contributed by atoms with van der Waals surface area (Å²) in [4.78, 5) is 4.63. The van der Waals surface area contributed by atoms with Crippen molar-refractivity contribution >= 4 is 11.6 Å². The smallest absolute Gasteiger partial charge is 0.131 e. The lowest BCUT2D eigenvalue weighted by atomic mass is 10.1. The summed E-state index contributed by atoms with van der Waals surface area (Å²) in [6, 6.07) is 12.3. The third-order valence-corrected chi connectivity index (χ3v) is 5.13. The van der Waals surface area contributed by atoms with E-state index in [9.17, 15) is 5.26 Å². The first kappa shape index (κ1) is 17.0. The topological polar surface area (TPSA) is 48.1 Å². The SMILES string of the molecule is Cc1nn(C)c(Cl)c1CN1CCN(C(C#N)c2ccccc2)CC1. The summed E-state index contributed by atoms with van der Waals surface area (Å²) in [5.41, 5.74) is 3.16. The molecule has 2 aromatic rings. The van der Waals surface area contributed by atoms with Gasteiger partial charge in [0.25, 0.3) is 0 Å². The maximum absolute atomic E-state index is 9.57. The molecule has 24 heavy (non-hydrogen) atoms. The second-order valence-electron chi connectivity index (χ2n) is 6.23. The lowest BCUT2D eigenvalue weighted by molar-refractivity contribution is 0.109. The number of aromatic nitrogens is 2. The quantitative estimate of drug-likeness (QED) is 0.856. The van der Waals surface area contributed by atoms with Gasteiger partial charge in [-0.05, 0) is 12.5 Å². The zero-order valence-corrected chi connectivity index (χ0v) is 14.9. The van der Waals surface area contributed by atoms with Crippen molar-refractivity contribution in [3.8, 4) is 6.07 Å². The van der Waals surface area contributed by atoms with Crippen LogP contribution in [0.15, 0.2) is 30.3 Å². The second-order valence-corrected chi connectivity index (χ2v) is 6.59. The number of rotatable bonds is 4. The summed E-state index contributed by atoms with van der Waals surface area (Å²) >= 11 is 6.34. The molecule has 1 aliphatic heterocycles. The van der Waals surface area contributed by atoms with E-state index in [1.165, 1.54) is 0 Å². The van der Waals surface area contributed by atoms with Crippen LogP contribution in [0.5, 0.6) is 0 Å². The van der Waals surface area contributed by atoms with E-state index in [0.717, 1.165) is 49.5 Å². The summed E-state index contributed by atoms with van der Waals surface area (Å²) in [5, 5.41) is 14.7. The number of aryl methyl sites for hydroxylation is 2. The molecule has 5 nitrogen and oxygen atoms in total. The van der Waals surface area contributed by atoms with Gasteiger partial charge < -0.3 is 0 Å². The molecule has 3 rings (SSSR count). The van der Waals surface area contributed by atoms with Gasteiger partial charge in [-0.2, -0.15) is 10.4 Å². The lowest BCUT2D eigenvalue weighted by Crippen LogP contribution is -2.47. The largest absolute Gasteiger partial charge is 0.296 e. The highest BCUT2D eigenvalue weighted by Crippen LogP contribution is 2.24. The fourth-order valence-electron chi connectivity index (χ4n) is 3.26. The normalized spacial score (nSPS) is 17.6. The molecule has 1 saturated heterocycles. The number of hydrogen-bond acceptors (Lipinski definition) is 4. The van der Waals surface area contributed by atoms with E-state index >= 15 is 0 Å². The molecule has 1 atom stereocenters. The molecule has 0 aliphatic carbocycles. The van der Waals surface area contributed by atoms with Gasteiger partial charge in [0.1, 0.15) is 11.2 Å². The Hall–Kier alpha value is -1.87. The molecule has 0 radical (unpaired) electrons. The van der Waals surface area contributed by atoms with E-state index in [4.69, 9.17) is 11.6 Å². The van der Waals surface area contributed by atoms with Crippen molar-refractivity contribution in [3.63, 3.8) is 0 Å². The highest BCUT2D eigenvalue weighted by Gasteiger charge is 2.26. The minimum atomic E-state index is -0.169. The Morgan fingerprint density at radius 3 is 2.42 bits per heavy atom. The van der Waals surface area contributed by atoms with Crippen molar-refractivity contribution in [3.05, 3.63) is 52.3 Å². The monoisotopic (exact) mass is 343 g/mol. The van der Waals surface area contributed by atoms with Gasteiger partial charge in [0.2, 0.25) is 0 Å². The van der Waals surface area contributed by atoms with E-state index in [2.05, 4.69) is 21.0 Å². The van der Waals surface area contributed by atoms with Crippen molar-refractivity contribution in [1.29, 1.82) is 5.26 Å². The molecule has 2 heterocycles. The van der Waals surface area contributed by atoms with Crippen LogP contribution in [0.2, 0.25) is 5.15 Å². The van der Waals surface area contributed by atoms with Crippen LogP contribution in [0.25, 0.3) is 0 Å². The molecule has 1 fully saturated rings. The maximum Gasteiger partial charge on any atom is 0.131 e. The van der Waals surface area contributed by atoms with E-state index in [-0.39, 0.29) is 6.04 Å². The first-order valence-electron chi connectivity index (χ1n) is 8.19. The Balaban J connectivity index is 1.62. The van der Waals surface area contributed by atoms with Crippen molar-refractivity contribution in [2.24, 2.45) is 7.05 Å². The van der Waals surface area contributed by atoms with Gasteiger partial charge >= 0.3 is 0 Å². The molecule has 0 amide bonds. The first-order valence-corrected chi connectivity index (χ1v) is 8.57. The number of piperazine rings is 1. The molecule has 1 aromatic carbocycles.